The highest BCUT2D eigenvalue weighted by atomic mass is 35.5. The van der Waals surface area contributed by atoms with Crippen LogP contribution in [0.3, 0.4) is 0 Å². The SMILES string of the molecule is Cc1ccc(N2C(=O)C[n+]3ccccc3[C@@]2(C)C(=O)Nc2ccc(Cl)cc2)cc1. The Morgan fingerprint density at radius 1 is 1.07 bits per heavy atom. The second-order valence-corrected chi connectivity index (χ2v) is 7.75. The van der Waals surface area contributed by atoms with Gasteiger partial charge in [0, 0.05) is 28.5 Å². The maximum atomic E-state index is 13.6. The van der Waals surface area contributed by atoms with Crippen molar-refractivity contribution in [3.8, 4) is 0 Å². The molecule has 0 spiro atoms. The Morgan fingerprint density at radius 3 is 2.45 bits per heavy atom. The molecule has 2 amide bonds. The summed E-state index contributed by atoms with van der Waals surface area (Å²) in [5.41, 5.74) is 1.90. The summed E-state index contributed by atoms with van der Waals surface area (Å²) in [7, 11) is 0. The quantitative estimate of drug-likeness (QED) is 0.672. The first-order valence-electron chi connectivity index (χ1n) is 9.35. The molecule has 3 aromatic rings. The number of halogens is 1. The molecule has 146 valence electrons. The number of carbonyl (C=O) groups excluding carboxylic acids is 2. The summed E-state index contributed by atoms with van der Waals surface area (Å²) in [4.78, 5) is 28.3. The van der Waals surface area contributed by atoms with Gasteiger partial charge in [-0.25, -0.2) is 0 Å². The molecule has 1 atom stereocenters. The third-order valence-electron chi connectivity index (χ3n) is 5.28. The molecular weight excluding hydrogens is 386 g/mol. The Morgan fingerprint density at radius 2 is 1.76 bits per heavy atom. The van der Waals surface area contributed by atoms with E-state index in [-0.39, 0.29) is 18.4 Å². The maximum absolute atomic E-state index is 13.6. The van der Waals surface area contributed by atoms with Crippen molar-refractivity contribution in [3.63, 3.8) is 0 Å². The fourth-order valence-electron chi connectivity index (χ4n) is 3.74. The summed E-state index contributed by atoms with van der Waals surface area (Å²) in [5.74, 6) is -0.445. The number of benzene rings is 2. The molecule has 4 rings (SSSR count). The summed E-state index contributed by atoms with van der Waals surface area (Å²) >= 11 is 5.96. The van der Waals surface area contributed by atoms with E-state index in [9.17, 15) is 9.59 Å². The normalized spacial score (nSPS) is 18.3. The van der Waals surface area contributed by atoms with E-state index in [1.54, 1.807) is 36.1 Å². The molecule has 0 saturated carbocycles. The smallest absolute Gasteiger partial charge is 0.294 e. The Balaban J connectivity index is 1.83. The molecule has 0 unspecified atom stereocenters. The van der Waals surface area contributed by atoms with Crippen molar-refractivity contribution in [2.24, 2.45) is 0 Å². The fraction of sp³-hybridized carbons (Fsp3) is 0.174. The van der Waals surface area contributed by atoms with Crippen LogP contribution in [0.4, 0.5) is 11.4 Å². The molecule has 0 fully saturated rings. The van der Waals surface area contributed by atoms with Gasteiger partial charge in [-0.1, -0.05) is 35.4 Å². The highest BCUT2D eigenvalue weighted by Crippen LogP contribution is 2.35. The second kappa shape index (κ2) is 7.33. The highest BCUT2D eigenvalue weighted by molar-refractivity contribution is 6.30. The van der Waals surface area contributed by atoms with E-state index in [1.165, 1.54) is 0 Å². The van der Waals surface area contributed by atoms with E-state index in [4.69, 9.17) is 11.6 Å². The highest BCUT2D eigenvalue weighted by Gasteiger charge is 2.54. The van der Waals surface area contributed by atoms with Gasteiger partial charge < -0.3 is 5.32 Å². The molecule has 2 heterocycles. The third-order valence-corrected chi connectivity index (χ3v) is 5.53. The van der Waals surface area contributed by atoms with Crippen LogP contribution in [0.25, 0.3) is 0 Å². The van der Waals surface area contributed by atoms with Gasteiger partial charge >= 0.3 is 0 Å². The van der Waals surface area contributed by atoms with E-state index in [0.29, 0.717) is 16.4 Å². The van der Waals surface area contributed by atoms with Crippen molar-refractivity contribution >= 4 is 34.8 Å². The van der Waals surface area contributed by atoms with Gasteiger partial charge in [-0.05, 0) is 50.2 Å². The monoisotopic (exact) mass is 406 g/mol. The number of fused-ring (bicyclic) bond motifs is 1. The molecular formula is C23H21ClN3O2+. The van der Waals surface area contributed by atoms with Gasteiger partial charge in [0.2, 0.25) is 17.8 Å². The van der Waals surface area contributed by atoms with Gasteiger partial charge in [-0.15, -0.1) is 0 Å². The van der Waals surface area contributed by atoms with Crippen molar-refractivity contribution in [2.75, 3.05) is 10.2 Å². The van der Waals surface area contributed by atoms with E-state index < -0.39 is 5.54 Å². The molecule has 0 aliphatic carbocycles. The lowest BCUT2D eigenvalue weighted by Gasteiger charge is -2.40. The van der Waals surface area contributed by atoms with Crippen LogP contribution in [0.15, 0.2) is 72.9 Å². The average molecular weight is 407 g/mol. The summed E-state index contributed by atoms with van der Waals surface area (Å²) in [6.07, 6.45) is 1.83. The van der Waals surface area contributed by atoms with Crippen LogP contribution in [0.5, 0.6) is 0 Å². The van der Waals surface area contributed by atoms with Crippen LogP contribution in [0.1, 0.15) is 18.2 Å². The molecule has 6 heteroatoms. The van der Waals surface area contributed by atoms with Crippen molar-refractivity contribution in [1.82, 2.24) is 0 Å². The molecule has 1 aromatic heterocycles. The molecule has 1 aliphatic rings. The number of aryl methyl sites for hydroxylation is 1. The zero-order valence-corrected chi connectivity index (χ0v) is 17.0. The van der Waals surface area contributed by atoms with Gasteiger partial charge in [0.1, 0.15) is 0 Å². The number of amides is 2. The molecule has 29 heavy (non-hydrogen) atoms. The Hall–Kier alpha value is -3.18. The third kappa shape index (κ3) is 3.38. The number of nitrogens with zero attached hydrogens (tertiary/aromatic N) is 2. The van der Waals surface area contributed by atoms with Gasteiger partial charge in [0.15, 0.2) is 6.20 Å². The summed E-state index contributed by atoms with van der Waals surface area (Å²) in [6.45, 7) is 3.94. The zero-order chi connectivity index (χ0) is 20.6. The van der Waals surface area contributed by atoms with Crippen LogP contribution in [-0.2, 0) is 21.7 Å². The summed E-state index contributed by atoms with van der Waals surface area (Å²) in [6, 6.07) is 20.2. The number of anilines is 2. The van der Waals surface area contributed by atoms with Crippen molar-refractivity contribution in [2.45, 2.75) is 25.9 Å². The van der Waals surface area contributed by atoms with Crippen LogP contribution >= 0.6 is 11.6 Å². The predicted octanol–water partition coefficient (Wildman–Crippen LogP) is 3.84. The number of pyridine rings is 1. The number of nitrogens with one attached hydrogen (secondary N) is 1. The van der Waals surface area contributed by atoms with Crippen LogP contribution < -0.4 is 14.8 Å². The maximum Gasteiger partial charge on any atom is 0.294 e. The molecule has 2 aromatic carbocycles. The lowest BCUT2D eigenvalue weighted by Crippen LogP contribution is -2.67. The number of hydrogen-bond acceptors (Lipinski definition) is 2. The molecule has 0 saturated heterocycles. The minimum atomic E-state index is -1.23. The largest absolute Gasteiger partial charge is 0.324 e. The fourth-order valence-corrected chi connectivity index (χ4v) is 3.86. The Bertz CT molecular complexity index is 1080. The molecule has 0 radical (unpaired) electrons. The second-order valence-electron chi connectivity index (χ2n) is 7.31. The van der Waals surface area contributed by atoms with E-state index in [1.807, 2.05) is 60.2 Å². The number of carbonyl (C=O) groups is 2. The van der Waals surface area contributed by atoms with E-state index in [0.717, 1.165) is 11.3 Å². The Labute approximate surface area is 174 Å². The molecule has 1 N–H and O–H groups in total. The number of hydrogen-bond donors (Lipinski definition) is 1. The first-order valence-corrected chi connectivity index (χ1v) is 9.73. The minimum absolute atomic E-state index is 0.147. The average Bonchev–Trinajstić information content (AvgIpc) is 2.71. The Kier molecular flexibility index (Phi) is 4.84. The predicted molar refractivity (Wildman–Crippen MR) is 113 cm³/mol. The standard InChI is InChI=1S/C23H20ClN3O2/c1-16-6-12-19(13-7-16)27-21(28)15-26-14-4-3-5-20(26)23(27,2)22(29)25-18-10-8-17(24)9-11-18/h3-14H,15H2,1-2H3/p+1/t23-/m0/s1. The molecule has 5 nitrogen and oxygen atoms in total. The lowest BCUT2D eigenvalue weighted by molar-refractivity contribution is -0.697. The van der Waals surface area contributed by atoms with Crippen molar-refractivity contribution in [1.29, 1.82) is 0 Å². The van der Waals surface area contributed by atoms with Crippen LogP contribution in [-0.4, -0.2) is 11.8 Å². The minimum Gasteiger partial charge on any atom is -0.324 e. The van der Waals surface area contributed by atoms with Gasteiger partial charge in [-0.2, -0.15) is 4.57 Å². The van der Waals surface area contributed by atoms with Gasteiger partial charge in [-0.3, -0.25) is 14.5 Å². The van der Waals surface area contributed by atoms with Gasteiger partial charge in [0.25, 0.3) is 11.8 Å². The van der Waals surface area contributed by atoms with Crippen LogP contribution in [0, 0.1) is 6.92 Å². The van der Waals surface area contributed by atoms with E-state index in [2.05, 4.69) is 5.32 Å². The van der Waals surface area contributed by atoms with Crippen molar-refractivity contribution < 1.29 is 14.2 Å². The lowest BCUT2D eigenvalue weighted by atomic mass is 9.89. The zero-order valence-electron chi connectivity index (χ0n) is 16.2. The topological polar surface area (TPSA) is 53.3 Å². The van der Waals surface area contributed by atoms with E-state index >= 15 is 0 Å². The van der Waals surface area contributed by atoms with Crippen molar-refractivity contribution in [3.05, 3.63) is 89.2 Å². The number of rotatable bonds is 3. The van der Waals surface area contributed by atoms with Gasteiger partial charge in [0.05, 0.1) is 0 Å². The molecule has 0 bridgehead atoms. The van der Waals surface area contributed by atoms with Crippen LogP contribution in [0.2, 0.25) is 5.02 Å². The summed E-state index contributed by atoms with van der Waals surface area (Å²) < 4.78 is 1.83. The summed E-state index contributed by atoms with van der Waals surface area (Å²) in [5, 5.41) is 3.53. The molecule has 1 aliphatic heterocycles. The first-order chi connectivity index (χ1) is 13.9. The number of aromatic nitrogens is 1. The first kappa shape index (κ1) is 19.2.